The van der Waals surface area contributed by atoms with Crippen molar-refractivity contribution in [2.45, 2.75) is 17.7 Å². The number of nitrogens with one attached hydrogen (secondary N) is 1. The van der Waals surface area contributed by atoms with Crippen LogP contribution in [0.1, 0.15) is 12.0 Å². The largest absolute Gasteiger partial charge is 0.384 e. The predicted molar refractivity (Wildman–Crippen MR) is 72.3 cm³/mol. The first kappa shape index (κ1) is 16.0. The molecule has 1 atom stereocenters. The minimum Gasteiger partial charge on any atom is -0.384 e. The van der Waals surface area contributed by atoms with Crippen molar-refractivity contribution >= 4 is 21.8 Å². The van der Waals surface area contributed by atoms with Crippen molar-refractivity contribution in [3.05, 3.63) is 35.4 Å². The number of carbonyl (C=O) groups excluding carboxylic acids is 1. The summed E-state index contributed by atoms with van der Waals surface area (Å²) in [5, 5.41) is 2.68. The van der Waals surface area contributed by atoms with Crippen molar-refractivity contribution in [2.24, 2.45) is 0 Å². The van der Waals surface area contributed by atoms with Crippen molar-refractivity contribution in [1.29, 1.82) is 0 Å². The van der Waals surface area contributed by atoms with Gasteiger partial charge in [0.2, 0.25) is 5.91 Å². The lowest BCUT2D eigenvalue weighted by Gasteiger charge is -2.09. The Hall–Kier alpha value is -1.01. The summed E-state index contributed by atoms with van der Waals surface area (Å²) in [6.45, 7) is 1.03. The lowest BCUT2D eigenvalue weighted by atomic mass is 10.1. The minimum atomic E-state index is -0.701. The van der Waals surface area contributed by atoms with Gasteiger partial charge in [-0.2, -0.15) is 0 Å². The monoisotopic (exact) mass is 335 g/mol. The fourth-order valence-electron chi connectivity index (χ4n) is 1.53. The molecule has 0 aliphatic rings. The summed E-state index contributed by atoms with van der Waals surface area (Å²) in [6, 6.07) is 3.19. The fraction of sp³-hybridized carbons (Fsp3) is 0.462. The molecule has 1 rings (SSSR count). The highest BCUT2D eigenvalue weighted by Gasteiger charge is 2.09. The molecule has 0 saturated carbocycles. The van der Waals surface area contributed by atoms with E-state index in [1.807, 2.05) is 0 Å². The van der Waals surface area contributed by atoms with Gasteiger partial charge in [-0.05, 0) is 18.1 Å². The molecule has 0 spiro atoms. The summed E-state index contributed by atoms with van der Waals surface area (Å²) < 4.78 is 30.9. The van der Waals surface area contributed by atoms with E-state index < -0.39 is 11.6 Å². The third kappa shape index (κ3) is 6.11. The number of ether oxygens (including phenoxy) is 1. The number of rotatable bonds is 7. The van der Waals surface area contributed by atoms with E-state index in [1.54, 1.807) is 7.11 Å². The van der Waals surface area contributed by atoms with Gasteiger partial charge in [-0.25, -0.2) is 8.78 Å². The summed E-state index contributed by atoms with van der Waals surface area (Å²) >= 11 is 3.40. The number of carbonyl (C=O) groups is 1. The van der Waals surface area contributed by atoms with Crippen LogP contribution in [0, 0.1) is 11.6 Å². The van der Waals surface area contributed by atoms with E-state index in [9.17, 15) is 13.6 Å². The Balaban J connectivity index is 2.35. The summed E-state index contributed by atoms with van der Waals surface area (Å²) in [7, 11) is 1.60. The average Bonchev–Trinajstić information content (AvgIpc) is 2.33. The first-order chi connectivity index (χ1) is 9.02. The van der Waals surface area contributed by atoms with Crippen LogP contribution in [0.3, 0.4) is 0 Å². The maximum Gasteiger partial charge on any atom is 0.224 e. The van der Waals surface area contributed by atoms with Crippen molar-refractivity contribution in [1.82, 2.24) is 5.32 Å². The smallest absolute Gasteiger partial charge is 0.224 e. The molecule has 0 aliphatic carbocycles. The van der Waals surface area contributed by atoms with Crippen LogP contribution in [-0.4, -0.2) is 31.0 Å². The molecule has 1 N–H and O–H groups in total. The van der Waals surface area contributed by atoms with Crippen LogP contribution in [0.25, 0.3) is 0 Å². The van der Waals surface area contributed by atoms with Gasteiger partial charge in [0.15, 0.2) is 0 Å². The number of alkyl halides is 1. The average molecular weight is 336 g/mol. The predicted octanol–water partition coefficient (Wildman–Crippen LogP) is 2.42. The van der Waals surface area contributed by atoms with Crippen LogP contribution < -0.4 is 5.32 Å². The van der Waals surface area contributed by atoms with E-state index in [-0.39, 0.29) is 22.7 Å². The number of hydrogen-bond acceptors (Lipinski definition) is 2. The van der Waals surface area contributed by atoms with Crippen LogP contribution in [0.4, 0.5) is 8.78 Å². The quantitative estimate of drug-likeness (QED) is 0.777. The summed E-state index contributed by atoms with van der Waals surface area (Å²) in [5.41, 5.74) is 0.186. The second-order valence-corrected chi connectivity index (χ2v) is 5.40. The van der Waals surface area contributed by atoms with Gasteiger partial charge < -0.3 is 10.1 Å². The Labute approximate surface area is 119 Å². The second kappa shape index (κ2) is 8.22. The number of halogens is 3. The highest BCUT2D eigenvalue weighted by Crippen LogP contribution is 2.10. The zero-order valence-corrected chi connectivity index (χ0v) is 12.2. The molecular weight excluding hydrogens is 320 g/mol. The van der Waals surface area contributed by atoms with Crippen LogP contribution in [0.5, 0.6) is 0 Å². The molecular formula is C13H16BrF2NO2. The van der Waals surface area contributed by atoms with Gasteiger partial charge in [-0.3, -0.25) is 4.79 Å². The SMILES string of the molecule is COCC(Br)CCNC(=O)Cc1ccc(F)cc1F. The standard InChI is InChI=1S/C13H16BrF2NO2/c1-19-8-10(14)4-5-17-13(18)6-9-2-3-11(15)7-12(9)16/h2-3,7,10H,4-6,8H2,1H3,(H,17,18). The first-order valence-corrected chi connectivity index (χ1v) is 6.78. The normalized spacial score (nSPS) is 12.2. The van der Waals surface area contributed by atoms with E-state index >= 15 is 0 Å². The van der Waals surface area contributed by atoms with Crippen LogP contribution in [-0.2, 0) is 16.0 Å². The van der Waals surface area contributed by atoms with Gasteiger partial charge in [0, 0.05) is 24.5 Å². The van der Waals surface area contributed by atoms with Gasteiger partial charge in [-0.1, -0.05) is 22.0 Å². The Kier molecular flexibility index (Phi) is 6.94. The van der Waals surface area contributed by atoms with E-state index in [2.05, 4.69) is 21.2 Å². The van der Waals surface area contributed by atoms with Crippen molar-refractivity contribution in [2.75, 3.05) is 20.3 Å². The molecule has 0 aliphatic heterocycles. The molecule has 106 valence electrons. The molecule has 0 heterocycles. The molecule has 1 aromatic carbocycles. The number of amides is 1. The van der Waals surface area contributed by atoms with E-state index in [0.29, 0.717) is 19.6 Å². The van der Waals surface area contributed by atoms with E-state index in [1.165, 1.54) is 6.07 Å². The first-order valence-electron chi connectivity index (χ1n) is 5.86. The van der Waals surface area contributed by atoms with Gasteiger partial charge in [0.1, 0.15) is 11.6 Å². The summed E-state index contributed by atoms with van der Waals surface area (Å²) in [5.74, 6) is -1.64. The zero-order chi connectivity index (χ0) is 14.3. The summed E-state index contributed by atoms with van der Waals surface area (Å²) in [6.07, 6.45) is 0.620. The number of methoxy groups -OCH3 is 1. The van der Waals surface area contributed by atoms with Crippen molar-refractivity contribution < 1.29 is 18.3 Å². The molecule has 1 unspecified atom stereocenters. The molecule has 1 aromatic rings. The van der Waals surface area contributed by atoms with Gasteiger partial charge in [-0.15, -0.1) is 0 Å². The highest BCUT2D eigenvalue weighted by molar-refractivity contribution is 9.09. The topological polar surface area (TPSA) is 38.3 Å². The van der Waals surface area contributed by atoms with Crippen molar-refractivity contribution in [3.8, 4) is 0 Å². The Morgan fingerprint density at radius 3 is 2.84 bits per heavy atom. The molecule has 0 aromatic heterocycles. The highest BCUT2D eigenvalue weighted by atomic mass is 79.9. The van der Waals surface area contributed by atoms with E-state index in [4.69, 9.17) is 4.74 Å². The van der Waals surface area contributed by atoms with Crippen LogP contribution >= 0.6 is 15.9 Å². The minimum absolute atomic E-state index is 0.0939. The third-order valence-electron chi connectivity index (χ3n) is 2.49. The van der Waals surface area contributed by atoms with Crippen molar-refractivity contribution in [3.63, 3.8) is 0 Å². The lowest BCUT2D eigenvalue weighted by Crippen LogP contribution is -2.28. The second-order valence-electron chi connectivity index (χ2n) is 4.10. The third-order valence-corrected chi connectivity index (χ3v) is 3.22. The number of hydrogen-bond donors (Lipinski definition) is 1. The maximum atomic E-state index is 13.3. The Bertz CT molecular complexity index is 429. The Morgan fingerprint density at radius 2 is 2.21 bits per heavy atom. The van der Waals surface area contributed by atoms with Gasteiger partial charge in [0.25, 0.3) is 0 Å². The summed E-state index contributed by atoms with van der Waals surface area (Å²) in [4.78, 5) is 11.7. The maximum absolute atomic E-state index is 13.3. The molecule has 19 heavy (non-hydrogen) atoms. The fourth-order valence-corrected chi connectivity index (χ4v) is 2.03. The zero-order valence-electron chi connectivity index (χ0n) is 10.6. The van der Waals surface area contributed by atoms with Crippen LogP contribution in [0.15, 0.2) is 18.2 Å². The van der Waals surface area contributed by atoms with Gasteiger partial charge in [0.05, 0.1) is 13.0 Å². The molecule has 6 heteroatoms. The Morgan fingerprint density at radius 1 is 1.47 bits per heavy atom. The molecule has 0 fully saturated rings. The molecule has 0 bridgehead atoms. The molecule has 1 amide bonds. The molecule has 0 saturated heterocycles. The number of benzene rings is 1. The van der Waals surface area contributed by atoms with Crippen LogP contribution in [0.2, 0.25) is 0 Å². The van der Waals surface area contributed by atoms with E-state index in [0.717, 1.165) is 12.1 Å². The lowest BCUT2D eigenvalue weighted by molar-refractivity contribution is -0.120. The molecule has 3 nitrogen and oxygen atoms in total. The van der Waals surface area contributed by atoms with Gasteiger partial charge >= 0.3 is 0 Å². The molecule has 0 radical (unpaired) electrons.